The van der Waals surface area contributed by atoms with Crippen molar-refractivity contribution in [3.05, 3.63) is 0 Å². The van der Waals surface area contributed by atoms with E-state index < -0.39 is 6.91 Å². The zero-order chi connectivity index (χ0) is 7.00. The highest BCUT2D eigenvalue weighted by Gasteiger charge is 2.42. The highest BCUT2D eigenvalue weighted by molar-refractivity contribution is 9.11. The van der Waals surface area contributed by atoms with Crippen LogP contribution in [0.4, 0.5) is 0 Å². The van der Waals surface area contributed by atoms with E-state index in [1.165, 1.54) is 0 Å². The Morgan fingerprint density at radius 2 is 1.25 bits per heavy atom. The first-order chi connectivity index (χ1) is 3.25. The van der Waals surface area contributed by atoms with Crippen molar-refractivity contribution >= 4 is 75.0 Å². The minimum absolute atomic E-state index is 1.46. The van der Waals surface area contributed by atoms with Crippen molar-refractivity contribution in [3.63, 3.8) is 0 Å². The number of rotatable bonds is 1. The van der Waals surface area contributed by atoms with Gasteiger partial charge in [0.1, 0.15) is 0 Å². The van der Waals surface area contributed by atoms with Gasteiger partial charge in [-0.25, -0.2) is 0 Å². The minimum atomic E-state index is -1.59. The fraction of sp³-hybridized carbons (Fsp3) is 1.00. The summed E-state index contributed by atoms with van der Waals surface area (Å²) in [4.78, 5) is 0. The first-order valence-corrected chi connectivity index (χ1v) is 4.11. The van der Waals surface area contributed by atoms with E-state index in [-0.39, 0.29) is 0 Å². The topological polar surface area (TPSA) is 0 Å². The maximum atomic E-state index is 5.32. The Hall–Kier alpha value is 1.99. The van der Waals surface area contributed by atoms with Crippen molar-refractivity contribution in [2.45, 2.75) is 6.91 Å². The summed E-state index contributed by atoms with van der Waals surface area (Å²) in [6.07, 6.45) is 0. The van der Waals surface area contributed by atoms with Gasteiger partial charge in [-0.3, -0.25) is 0 Å². The van der Waals surface area contributed by atoms with Gasteiger partial charge in [0.25, 0.3) is 0 Å². The van der Waals surface area contributed by atoms with Crippen LogP contribution in [0.5, 0.6) is 0 Å². The number of alkyl halides is 5. The smallest absolute Gasteiger partial charge is 0.0843 e. The van der Waals surface area contributed by atoms with Gasteiger partial charge < -0.3 is 0 Å². The Labute approximate surface area is 81.3 Å². The van der Waals surface area contributed by atoms with Crippen LogP contribution in [0.3, 0.4) is 0 Å². The monoisotopic (exact) mass is 275 g/mol. The molecule has 0 aliphatic heterocycles. The summed E-state index contributed by atoms with van der Waals surface area (Å²) in [6.45, 7) is 0. The molecular weight excluding hydrogens is 278 g/mol. The number of halogens is 5. The average Bonchev–Trinajstić information content (AvgIpc) is 1.25. The van der Waals surface area contributed by atoms with Crippen molar-refractivity contribution in [1.29, 1.82) is 0 Å². The number of hydrogen-bond acceptors (Lipinski definition) is 0. The Bertz CT molecular complexity index is 69.0. The van der Waals surface area contributed by atoms with Gasteiger partial charge in [-0.2, -0.15) is 0 Å². The molecule has 8 heavy (non-hydrogen) atoms. The molecule has 1 radical (unpaired) electrons. The van der Waals surface area contributed by atoms with Gasteiger partial charge in [0.15, 0.2) is 0 Å². The summed E-state index contributed by atoms with van der Waals surface area (Å²) in [6, 6.07) is 0. The lowest BCUT2D eigenvalue weighted by molar-refractivity contribution is 1.16. The predicted molar refractivity (Wildman–Crippen MR) is 45.4 cm³/mol. The standard InChI is InChI=1S/C2BrCl4S/c3-1(4,5)2(6,7)8. The molecule has 0 fully saturated rings. The van der Waals surface area contributed by atoms with Gasteiger partial charge in [-0.05, 0) is 28.6 Å². The van der Waals surface area contributed by atoms with Crippen LogP contribution in [-0.2, 0) is 0 Å². The fourth-order valence-corrected chi connectivity index (χ4v) is 0. The molecular formula is C2BrCl4S. The van der Waals surface area contributed by atoms with Crippen LogP contribution in [0.2, 0.25) is 0 Å². The Morgan fingerprint density at radius 3 is 1.25 bits per heavy atom. The van der Waals surface area contributed by atoms with Crippen molar-refractivity contribution in [3.8, 4) is 0 Å². The lowest BCUT2D eigenvalue weighted by Gasteiger charge is -2.20. The van der Waals surface area contributed by atoms with Gasteiger partial charge in [-0.15, -0.1) is 0 Å². The van der Waals surface area contributed by atoms with Gasteiger partial charge in [0.05, 0.1) is 0 Å². The molecule has 0 saturated carbocycles. The highest BCUT2D eigenvalue weighted by Crippen LogP contribution is 2.49. The molecule has 0 spiro atoms. The third-order valence-electron chi connectivity index (χ3n) is 0.330. The fourth-order valence-electron chi connectivity index (χ4n) is 0. The molecule has 0 atom stereocenters. The summed E-state index contributed by atoms with van der Waals surface area (Å²) in [5, 5.41) is 0. The molecule has 0 bridgehead atoms. The molecule has 0 aromatic heterocycles. The van der Waals surface area contributed by atoms with Crippen LogP contribution < -0.4 is 0 Å². The largest absolute Gasteiger partial charge is 0.215 e. The molecule has 0 aliphatic rings. The van der Waals surface area contributed by atoms with Crippen molar-refractivity contribution in [2.24, 2.45) is 0 Å². The average molecular weight is 278 g/mol. The maximum absolute atomic E-state index is 5.32. The van der Waals surface area contributed by atoms with E-state index in [4.69, 9.17) is 46.4 Å². The van der Waals surface area contributed by atoms with Crippen LogP contribution >= 0.6 is 75.0 Å². The van der Waals surface area contributed by atoms with Crippen molar-refractivity contribution < 1.29 is 0 Å². The van der Waals surface area contributed by atoms with E-state index in [2.05, 4.69) is 28.6 Å². The van der Waals surface area contributed by atoms with Gasteiger partial charge >= 0.3 is 0 Å². The molecule has 49 valence electrons. The molecule has 0 unspecified atom stereocenters. The molecule has 0 aliphatic carbocycles. The van der Waals surface area contributed by atoms with E-state index >= 15 is 0 Å². The summed E-state index contributed by atoms with van der Waals surface area (Å²) in [5.41, 5.74) is 0. The molecule has 0 heterocycles. The molecule has 0 saturated heterocycles. The van der Waals surface area contributed by atoms with E-state index in [1.54, 1.807) is 0 Å². The molecule has 0 nitrogen and oxygen atoms in total. The SMILES string of the molecule is [S]C(Cl)(Cl)C(Cl)(Cl)Br. The predicted octanol–water partition coefficient (Wildman–Crippen LogP) is 3.84. The number of hydrogen-bond donors (Lipinski definition) is 0. The first-order valence-electron chi connectivity index (χ1n) is 1.40. The van der Waals surface area contributed by atoms with Crippen molar-refractivity contribution in [2.75, 3.05) is 0 Å². The third kappa shape index (κ3) is 3.23. The minimum Gasteiger partial charge on any atom is -0.0843 e. The first kappa shape index (κ1) is 9.99. The van der Waals surface area contributed by atoms with Crippen LogP contribution in [0.15, 0.2) is 0 Å². The second kappa shape index (κ2) is 2.93. The van der Waals surface area contributed by atoms with Crippen LogP contribution in [0, 0.1) is 0 Å². The molecule has 0 rings (SSSR count). The Kier molecular flexibility index (Phi) is 3.66. The maximum Gasteiger partial charge on any atom is 0.215 e. The molecule has 0 aromatic carbocycles. The Morgan fingerprint density at radius 1 is 1.12 bits per heavy atom. The summed E-state index contributed by atoms with van der Waals surface area (Å²) in [7, 11) is 0. The van der Waals surface area contributed by atoms with Crippen molar-refractivity contribution in [1.82, 2.24) is 0 Å². The van der Waals surface area contributed by atoms with E-state index in [0.717, 1.165) is 0 Å². The second-order valence-electron chi connectivity index (χ2n) is 1.01. The van der Waals surface area contributed by atoms with Crippen LogP contribution in [0.25, 0.3) is 0 Å². The van der Waals surface area contributed by atoms with Crippen LogP contribution in [0.1, 0.15) is 0 Å². The van der Waals surface area contributed by atoms with Gasteiger partial charge in [-0.1, -0.05) is 46.4 Å². The zero-order valence-corrected chi connectivity index (χ0v) is 8.72. The molecule has 0 N–H and O–H groups in total. The normalized spacial score (nSPS) is 14.2. The summed E-state index contributed by atoms with van der Waals surface area (Å²) in [5.74, 6) is 0. The summed E-state index contributed by atoms with van der Waals surface area (Å²) >= 11 is 28.4. The van der Waals surface area contributed by atoms with E-state index in [1.807, 2.05) is 0 Å². The second-order valence-corrected chi connectivity index (χ2v) is 6.83. The zero-order valence-electron chi connectivity index (χ0n) is 3.30. The van der Waals surface area contributed by atoms with E-state index in [9.17, 15) is 0 Å². The van der Waals surface area contributed by atoms with Crippen LogP contribution in [-0.4, -0.2) is 6.91 Å². The Balaban J connectivity index is 4.02. The quantitative estimate of drug-likeness (QED) is 0.639. The van der Waals surface area contributed by atoms with Gasteiger partial charge in [0, 0.05) is 0 Å². The molecule has 6 heteroatoms. The van der Waals surface area contributed by atoms with E-state index in [0.29, 0.717) is 0 Å². The summed E-state index contributed by atoms with van der Waals surface area (Å²) < 4.78 is -3.05. The van der Waals surface area contributed by atoms with Gasteiger partial charge in [0.2, 0.25) is 6.91 Å². The molecule has 0 amide bonds. The third-order valence-corrected chi connectivity index (χ3v) is 3.69. The molecule has 0 aromatic rings. The highest BCUT2D eigenvalue weighted by atomic mass is 79.9. The lowest BCUT2D eigenvalue weighted by Crippen LogP contribution is -2.23. The lowest BCUT2D eigenvalue weighted by atomic mass is 10.9.